The van der Waals surface area contributed by atoms with Gasteiger partial charge in [0.2, 0.25) is 0 Å². The van der Waals surface area contributed by atoms with Crippen molar-refractivity contribution in [2.24, 2.45) is 11.7 Å². The third-order valence-corrected chi connectivity index (χ3v) is 3.60. The van der Waals surface area contributed by atoms with Gasteiger partial charge in [0.15, 0.2) is 0 Å². The van der Waals surface area contributed by atoms with E-state index in [4.69, 9.17) is 10.5 Å². The molecule has 136 valence electrons. The Morgan fingerprint density at radius 2 is 1.96 bits per heavy atom. The molecular formula is C18H24F2N4O. The summed E-state index contributed by atoms with van der Waals surface area (Å²) in [4.78, 5) is 12.4. The summed E-state index contributed by atoms with van der Waals surface area (Å²) in [5.41, 5.74) is 6.20. The monoisotopic (exact) mass is 350 g/mol. The van der Waals surface area contributed by atoms with Gasteiger partial charge < -0.3 is 10.5 Å². The molecule has 0 aliphatic rings. The molecule has 2 rings (SSSR count). The van der Waals surface area contributed by atoms with Gasteiger partial charge in [0.1, 0.15) is 18.2 Å². The lowest BCUT2D eigenvalue weighted by atomic mass is 9.93. The van der Waals surface area contributed by atoms with Crippen molar-refractivity contribution in [3.8, 4) is 17.1 Å². The molecule has 0 radical (unpaired) electrons. The molecule has 0 aliphatic carbocycles. The topological polar surface area (TPSA) is 73.9 Å². The molecule has 0 amide bonds. The molecule has 0 spiro atoms. The first-order chi connectivity index (χ1) is 11.7. The van der Waals surface area contributed by atoms with Crippen molar-refractivity contribution in [2.75, 3.05) is 6.61 Å². The summed E-state index contributed by atoms with van der Waals surface area (Å²) in [6, 6.07) is 2.93. The Bertz CT molecular complexity index is 720. The summed E-state index contributed by atoms with van der Waals surface area (Å²) in [6.45, 7) is 7.82. The lowest BCUT2D eigenvalue weighted by Crippen LogP contribution is -2.43. The quantitative estimate of drug-likeness (QED) is 0.819. The Morgan fingerprint density at radius 3 is 2.56 bits per heavy atom. The molecule has 0 bridgehead atoms. The Morgan fingerprint density at radius 1 is 1.24 bits per heavy atom. The number of nitrogens with zero attached hydrogens (tertiary/aromatic N) is 3. The van der Waals surface area contributed by atoms with Crippen LogP contribution >= 0.6 is 0 Å². The van der Waals surface area contributed by atoms with Crippen LogP contribution in [-0.2, 0) is 0 Å². The normalized spacial score (nSPS) is 14.0. The van der Waals surface area contributed by atoms with E-state index in [0.29, 0.717) is 23.1 Å². The molecular weight excluding hydrogens is 326 g/mol. The van der Waals surface area contributed by atoms with Crippen molar-refractivity contribution in [1.29, 1.82) is 0 Å². The van der Waals surface area contributed by atoms with Crippen LogP contribution in [0.3, 0.4) is 0 Å². The molecule has 0 aliphatic heterocycles. The lowest BCUT2D eigenvalue weighted by Gasteiger charge is -2.27. The maximum atomic E-state index is 13.5. The molecule has 0 aromatic carbocycles. The van der Waals surface area contributed by atoms with E-state index in [0.717, 1.165) is 6.42 Å². The molecule has 2 heterocycles. The molecule has 1 atom stereocenters. The van der Waals surface area contributed by atoms with E-state index in [1.54, 1.807) is 19.2 Å². The first-order valence-electron chi connectivity index (χ1n) is 8.18. The van der Waals surface area contributed by atoms with E-state index < -0.39 is 12.0 Å². The summed E-state index contributed by atoms with van der Waals surface area (Å²) in [6.07, 6.45) is 0.911. The third kappa shape index (κ3) is 5.42. The number of aromatic nitrogens is 3. The van der Waals surface area contributed by atoms with Gasteiger partial charge in [0.05, 0.1) is 23.1 Å². The zero-order chi connectivity index (χ0) is 18.6. The van der Waals surface area contributed by atoms with E-state index in [9.17, 15) is 8.78 Å². The maximum absolute atomic E-state index is 13.5. The first-order valence-corrected chi connectivity index (χ1v) is 8.18. The molecule has 0 saturated carbocycles. The van der Waals surface area contributed by atoms with Gasteiger partial charge in [-0.05, 0) is 38.3 Å². The smallest absolute Gasteiger partial charge is 0.267 e. The highest BCUT2D eigenvalue weighted by Gasteiger charge is 2.23. The molecule has 0 fully saturated rings. The van der Waals surface area contributed by atoms with Crippen LogP contribution in [0.15, 0.2) is 24.5 Å². The van der Waals surface area contributed by atoms with Crippen LogP contribution in [0.1, 0.15) is 45.0 Å². The van der Waals surface area contributed by atoms with E-state index >= 15 is 0 Å². The van der Waals surface area contributed by atoms with Crippen molar-refractivity contribution in [3.63, 3.8) is 0 Å². The molecule has 25 heavy (non-hydrogen) atoms. The van der Waals surface area contributed by atoms with Crippen LogP contribution in [0.2, 0.25) is 0 Å². The largest absolute Gasteiger partial charge is 0.490 e. The SMILES string of the molecule is Cc1nccc(-c2cc(C(F)F)c(OC[C@@](C)(N)CC(C)C)cn2)n1. The highest BCUT2D eigenvalue weighted by Crippen LogP contribution is 2.32. The number of rotatable bonds is 7. The molecule has 2 N–H and O–H groups in total. The number of pyridine rings is 1. The second kappa shape index (κ2) is 7.82. The Labute approximate surface area is 146 Å². The lowest BCUT2D eigenvalue weighted by molar-refractivity contribution is 0.139. The minimum absolute atomic E-state index is 0.0463. The van der Waals surface area contributed by atoms with E-state index in [-0.39, 0.29) is 17.9 Å². The molecule has 0 unspecified atom stereocenters. The van der Waals surface area contributed by atoms with Crippen molar-refractivity contribution < 1.29 is 13.5 Å². The Kier molecular flexibility index (Phi) is 6.00. The molecule has 2 aromatic heterocycles. The average Bonchev–Trinajstić information content (AvgIpc) is 2.51. The minimum Gasteiger partial charge on any atom is -0.490 e. The number of halogens is 2. The molecule has 5 nitrogen and oxygen atoms in total. The van der Waals surface area contributed by atoms with Crippen LogP contribution in [-0.4, -0.2) is 27.1 Å². The average molecular weight is 350 g/mol. The highest BCUT2D eigenvalue weighted by molar-refractivity contribution is 5.56. The third-order valence-electron chi connectivity index (χ3n) is 3.60. The van der Waals surface area contributed by atoms with Crippen LogP contribution in [0, 0.1) is 12.8 Å². The standard InChI is InChI=1S/C18H24F2N4O/c1-11(2)8-18(4,21)10-25-16-9-23-15(7-13(16)17(19)20)14-5-6-22-12(3)24-14/h5-7,9,11,17H,8,10,21H2,1-4H3/t18-/m0/s1. The van der Waals surface area contributed by atoms with E-state index in [1.807, 2.05) is 6.92 Å². The number of ether oxygens (including phenoxy) is 1. The fraction of sp³-hybridized carbons (Fsp3) is 0.500. The minimum atomic E-state index is -2.69. The van der Waals surface area contributed by atoms with Crippen LogP contribution < -0.4 is 10.5 Å². The summed E-state index contributed by atoms with van der Waals surface area (Å²) >= 11 is 0. The van der Waals surface area contributed by atoms with Gasteiger partial charge >= 0.3 is 0 Å². The van der Waals surface area contributed by atoms with Crippen molar-refractivity contribution >= 4 is 0 Å². The van der Waals surface area contributed by atoms with Crippen molar-refractivity contribution in [2.45, 2.75) is 46.1 Å². The predicted octanol–water partition coefficient (Wildman–Crippen LogP) is 3.93. The molecule has 7 heteroatoms. The highest BCUT2D eigenvalue weighted by atomic mass is 19.3. The number of aryl methyl sites for hydroxylation is 1. The van der Waals surface area contributed by atoms with Gasteiger partial charge in [-0.3, -0.25) is 4.98 Å². The Balaban J connectivity index is 2.25. The zero-order valence-corrected chi connectivity index (χ0v) is 15.0. The van der Waals surface area contributed by atoms with Crippen LogP contribution in [0.5, 0.6) is 5.75 Å². The van der Waals surface area contributed by atoms with Crippen LogP contribution in [0.25, 0.3) is 11.4 Å². The van der Waals surface area contributed by atoms with Gasteiger partial charge in [-0.2, -0.15) is 0 Å². The number of hydrogen-bond donors (Lipinski definition) is 1. The second-order valence-corrected chi connectivity index (χ2v) is 6.94. The Hall–Kier alpha value is -2.15. The number of hydrogen-bond acceptors (Lipinski definition) is 5. The molecule has 0 saturated heterocycles. The predicted molar refractivity (Wildman–Crippen MR) is 92.5 cm³/mol. The fourth-order valence-electron chi connectivity index (χ4n) is 2.72. The summed E-state index contributed by atoms with van der Waals surface area (Å²) in [5.74, 6) is 0.977. The fourth-order valence-corrected chi connectivity index (χ4v) is 2.72. The van der Waals surface area contributed by atoms with Crippen LogP contribution in [0.4, 0.5) is 8.78 Å². The van der Waals surface area contributed by atoms with Gasteiger partial charge in [0, 0.05) is 11.7 Å². The number of nitrogens with two attached hydrogens (primary N) is 1. The van der Waals surface area contributed by atoms with Gasteiger partial charge in [-0.1, -0.05) is 13.8 Å². The van der Waals surface area contributed by atoms with E-state index in [2.05, 4.69) is 28.8 Å². The number of alkyl halides is 2. The molecule has 2 aromatic rings. The maximum Gasteiger partial charge on any atom is 0.267 e. The van der Waals surface area contributed by atoms with Gasteiger partial charge in [-0.15, -0.1) is 0 Å². The summed E-state index contributed by atoms with van der Waals surface area (Å²) in [5, 5.41) is 0. The summed E-state index contributed by atoms with van der Waals surface area (Å²) < 4.78 is 32.5. The second-order valence-electron chi connectivity index (χ2n) is 6.94. The van der Waals surface area contributed by atoms with Gasteiger partial charge in [0.25, 0.3) is 6.43 Å². The first kappa shape index (κ1) is 19.2. The summed E-state index contributed by atoms with van der Waals surface area (Å²) in [7, 11) is 0. The van der Waals surface area contributed by atoms with E-state index in [1.165, 1.54) is 12.3 Å². The van der Waals surface area contributed by atoms with Gasteiger partial charge in [-0.25, -0.2) is 18.7 Å². The van der Waals surface area contributed by atoms with Crippen molar-refractivity contribution in [1.82, 2.24) is 15.0 Å². The zero-order valence-electron chi connectivity index (χ0n) is 15.0. The van der Waals surface area contributed by atoms with Crippen molar-refractivity contribution in [3.05, 3.63) is 35.9 Å².